The van der Waals surface area contributed by atoms with Gasteiger partial charge in [-0.05, 0) is 43.2 Å². The van der Waals surface area contributed by atoms with Crippen LogP contribution in [0.15, 0.2) is 41.3 Å². The van der Waals surface area contributed by atoms with E-state index >= 15 is 0 Å². The summed E-state index contributed by atoms with van der Waals surface area (Å²) >= 11 is 0. The molecule has 1 N–H and O–H groups in total. The highest BCUT2D eigenvalue weighted by Crippen LogP contribution is 2.35. The Morgan fingerprint density at radius 3 is 2.64 bits per heavy atom. The summed E-state index contributed by atoms with van der Waals surface area (Å²) in [7, 11) is -3.71. The van der Waals surface area contributed by atoms with Crippen molar-refractivity contribution in [2.75, 3.05) is 22.8 Å². The number of carbonyl (C=O) groups is 1. The van der Waals surface area contributed by atoms with Gasteiger partial charge < -0.3 is 9.64 Å². The topological polar surface area (TPSA) is 75.7 Å². The predicted octanol–water partition coefficient (Wildman–Crippen LogP) is 2.85. The summed E-state index contributed by atoms with van der Waals surface area (Å²) in [5, 5.41) is 0. The van der Waals surface area contributed by atoms with Crippen LogP contribution in [0.3, 0.4) is 0 Å². The zero-order chi connectivity index (χ0) is 18.2. The van der Waals surface area contributed by atoms with Crippen molar-refractivity contribution >= 4 is 27.3 Å². The van der Waals surface area contributed by atoms with Gasteiger partial charge in [-0.3, -0.25) is 9.52 Å². The highest BCUT2D eigenvalue weighted by molar-refractivity contribution is 7.92. The average molecular weight is 360 g/mol. The molecule has 132 valence electrons. The molecule has 2 aromatic carbocycles. The van der Waals surface area contributed by atoms with E-state index < -0.39 is 10.0 Å². The first kappa shape index (κ1) is 17.3. The highest BCUT2D eigenvalue weighted by atomic mass is 32.2. The number of carbonyl (C=O) groups excluding carboxylic acids is 1. The van der Waals surface area contributed by atoms with Gasteiger partial charge in [0, 0.05) is 13.0 Å². The first-order chi connectivity index (χ1) is 11.8. The van der Waals surface area contributed by atoms with Crippen molar-refractivity contribution in [2.45, 2.75) is 25.7 Å². The number of anilines is 2. The second-order valence-electron chi connectivity index (χ2n) is 6.08. The first-order valence-electron chi connectivity index (χ1n) is 7.93. The summed E-state index contributed by atoms with van der Waals surface area (Å²) in [4.78, 5) is 13.5. The maximum atomic E-state index is 12.7. The Morgan fingerprint density at radius 2 is 1.92 bits per heavy atom. The quantitative estimate of drug-likeness (QED) is 0.913. The Kier molecular flexibility index (Phi) is 4.43. The number of hydrogen-bond donors (Lipinski definition) is 1. The smallest absolute Gasteiger partial charge is 0.262 e. The number of amides is 1. The van der Waals surface area contributed by atoms with E-state index in [1.165, 1.54) is 6.92 Å². The monoisotopic (exact) mass is 360 g/mol. The van der Waals surface area contributed by atoms with Crippen LogP contribution in [0.5, 0.6) is 5.75 Å². The third-order valence-corrected chi connectivity index (χ3v) is 5.61. The Hall–Kier alpha value is -2.54. The van der Waals surface area contributed by atoms with Gasteiger partial charge in [-0.1, -0.05) is 12.1 Å². The van der Waals surface area contributed by atoms with Crippen LogP contribution in [0, 0.1) is 13.8 Å². The van der Waals surface area contributed by atoms with Gasteiger partial charge in [-0.25, -0.2) is 8.42 Å². The summed E-state index contributed by atoms with van der Waals surface area (Å²) in [5.41, 5.74) is 2.59. The van der Waals surface area contributed by atoms with Crippen LogP contribution in [0.4, 0.5) is 11.4 Å². The second kappa shape index (κ2) is 6.40. The standard InChI is InChI=1S/C18H20N2O4S/c1-12-4-5-13(2)18(10-12)25(22,23)19-15-6-7-16-17(11-15)24-9-8-20(16)14(3)21/h4-7,10-11,19H,8-9H2,1-3H3. The van der Waals surface area contributed by atoms with Crippen LogP contribution < -0.4 is 14.4 Å². The molecule has 1 amide bonds. The van der Waals surface area contributed by atoms with Crippen LogP contribution in [0.1, 0.15) is 18.1 Å². The van der Waals surface area contributed by atoms with E-state index in [-0.39, 0.29) is 10.8 Å². The molecular formula is C18H20N2O4S. The van der Waals surface area contributed by atoms with E-state index in [2.05, 4.69) is 4.72 Å². The molecule has 3 rings (SSSR count). The molecule has 0 saturated carbocycles. The molecular weight excluding hydrogens is 340 g/mol. The van der Waals surface area contributed by atoms with E-state index in [4.69, 9.17) is 4.74 Å². The minimum absolute atomic E-state index is 0.0757. The third kappa shape index (κ3) is 3.46. The molecule has 1 aliphatic rings. The van der Waals surface area contributed by atoms with Gasteiger partial charge in [-0.2, -0.15) is 0 Å². The van der Waals surface area contributed by atoms with Gasteiger partial charge in [0.15, 0.2) is 0 Å². The number of ether oxygens (including phenoxy) is 1. The summed E-state index contributed by atoms with van der Waals surface area (Å²) in [6.07, 6.45) is 0. The molecule has 0 fully saturated rings. The molecule has 1 heterocycles. The summed E-state index contributed by atoms with van der Waals surface area (Å²) in [6, 6.07) is 10.2. The predicted molar refractivity (Wildman–Crippen MR) is 96.7 cm³/mol. The van der Waals surface area contributed by atoms with E-state index in [1.807, 2.05) is 13.0 Å². The van der Waals surface area contributed by atoms with Crippen molar-refractivity contribution in [3.63, 3.8) is 0 Å². The van der Waals surface area contributed by atoms with Crippen LogP contribution in [-0.4, -0.2) is 27.5 Å². The van der Waals surface area contributed by atoms with Crippen molar-refractivity contribution in [1.29, 1.82) is 0 Å². The van der Waals surface area contributed by atoms with Crippen molar-refractivity contribution in [3.8, 4) is 5.75 Å². The van der Waals surface area contributed by atoms with Crippen LogP contribution in [-0.2, 0) is 14.8 Å². The van der Waals surface area contributed by atoms with Gasteiger partial charge in [-0.15, -0.1) is 0 Å². The van der Waals surface area contributed by atoms with Crippen LogP contribution in [0.25, 0.3) is 0 Å². The number of nitrogens with zero attached hydrogens (tertiary/aromatic N) is 1. The normalized spacial score (nSPS) is 13.8. The van der Waals surface area contributed by atoms with Crippen molar-refractivity contribution in [2.24, 2.45) is 0 Å². The highest BCUT2D eigenvalue weighted by Gasteiger charge is 2.23. The van der Waals surface area contributed by atoms with Crippen LogP contribution in [0.2, 0.25) is 0 Å². The number of fused-ring (bicyclic) bond motifs is 1. The molecule has 1 aliphatic heterocycles. The van der Waals surface area contributed by atoms with Crippen molar-refractivity contribution < 1.29 is 17.9 Å². The fraction of sp³-hybridized carbons (Fsp3) is 0.278. The molecule has 0 atom stereocenters. The molecule has 6 nitrogen and oxygen atoms in total. The average Bonchev–Trinajstić information content (AvgIpc) is 2.55. The number of hydrogen-bond acceptors (Lipinski definition) is 4. The minimum Gasteiger partial charge on any atom is -0.489 e. The summed E-state index contributed by atoms with van der Waals surface area (Å²) in [5.74, 6) is 0.413. The maximum Gasteiger partial charge on any atom is 0.262 e. The lowest BCUT2D eigenvalue weighted by Gasteiger charge is -2.29. The molecule has 0 radical (unpaired) electrons. The zero-order valence-electron chi connectivity index (χ0n) is 14.4. The Labute approximate surface area is 147 Å². The fourth-order valence-corrected chi connectivity index (χ4v) is 4.20. The van der Waals surface area contributed by atoms with E-state index in [9.17, 15) is 13.2 Å². The van der Waals surface area contributed by atoms with Gasteiger partial charge in [0.2, 0.25) is 5.91 Å². The van der Waals surface area contributed by atoms with E-state index in [0.29, 0.717) is 35.8 Å². The van der Waals surface area contributed by atoms with Gasteiger partial charge >= 0.3 is 0 Å². The Balaban J connectivity index is 1.93. The maximum absolute atomic E-state index is 12.7. The molecule has 0 aromatic heterocycles. The van der Waals surface area contributed by atoms with Gasteiger partial charge in [0.25, 0.3) is 10.0 Å². The Bertz CT molecular complexity index is 938. The molecule has 0 saturated heterocycles. The largest absolute Gasteiger partial charge is 0.489 e. The zero-order valence-corrected chi connectivity index (χ0v) is 15.2. The number of aryl methyl sites for hydroxylation is 2. The lowest BCUT2D eigenvalue weighted by molar-refractivity contribution is -0.116. The van der Waals surface area contributed by atoms with Crippen molar-refractivity contribution in [3.05, 3.63) is 47.5 Å². The number of nitrogens with one attached hydrogen (secondary N) is 1. The third-order valence-electron chi connectivity index (χ3n) is 4.09. The lowest BCUT2D eigenvalue weighted by Crippen LogP contribution is -2.36. The SMILES string of the molecule is CC(=O)N1CCOc2cc(NS(=O)(=O)c3cc(C)ccc3C)ccc21. The first-order valence-corrected chi connectivity index (χ1v) is 9.41. The molecule has 0 aliphatic carbocycles. The molecule has 25 heavy (non-hydrogen) atoms. The van der Waals surface area contributed by atoms with Crippen LogP contribution >= 0.6 is 0 Å². The second-order valence-corrected chi connectivity index (χ2v) is 7.73. The number of sulfonamides is 1. The minimum atomic E-state index is -3.71. The molecule has 7 heteroatoms. The molecule has 2 aromatic rings. The van der Waals surface area contributed by atoms with E-state index in [1.54, 1.807) is 42.2 Å². The lowest BCUT2D eigenvalue weighted by atomic mass is 10.2. The summed E-state index contributed by atoms with van der Waals surface area (Å²) in [6.45, 7) is 5.96. The molecule has 0 spiro atoms. The van der Waals surface area contributed by atoms with Gasteiger partial charge in [0.05, 0.1) is 22.8 Å². The van der Waals surface area contributed by atoms with E-state index in [0.717, 1.165) is 5.56 Å². The Morgan fingerprint density at radius 1 is 1.16 bits per heavy atom. The summed E-state index contributed by atoms with van der Waals surface area (Å²) < 4.78 is 33.6. The van der Waals surface area contributed by atoms with Crippen molar-refractivity contribution in [1.82, 2.24) is 0 Å². The molecule has 0 bridgehead atoms. The number of rotatable bonds is 3. The molecule has 0 unspecified atom stereocenters. The number of benzene rings is 2. The van der Waals surface area contributed by atoms with Gasteiger partial charge in [0.1, 0.15) is 12.4 Å². The fourth-order valence-electron chi connectivity index (χ4n) is 2.82.